The number of carboxylic acids is 1. The van der Waals surface area contributed by atoms with Crippen molar-refractivity contribution in [3.63, 3.8) is 0 Å². The molecule has 0 aromatic carbocycles. The van der Waals surface area contributed by atoms with Gasteiger partial charge < -0.3 is 15.3 Å². The van der Waals surface area contributed by atoms with Gasteiger partial charge in [0, 0.05) is 26.2 Å². The lowest BCUT2D eigenvalue weighted by Gasteiger charge is -2.32. The SMILES string of the molecule is O=C(O)CNC(=O)N1CCN(SS)CC1. The van der Waals surface area contributed by atoms with Gasteiger partial charge in [0.2, 0.25) is 0 Å². The van der Waals surface area contributed by atoms with Crippen LogP contribution in [0.3, 0.4) is 0 Å². The van der Waals surface area contributed by atoms with E-state index in [9.17, 15) is 9.59 Å². The maximum atomic E-state index is 11.4. The fraction of sp³-hybridized carbons (Fsp3) is 0.714. The number of rotatable bonds is 3. The average molecular weight is 251 g/mol. The molecule has 0 unspecified atom stereocenters. The Labute approximate surface area is 96.9 Å². The molecule has 1 aliphatic rings. The summed E-state index contributed by atoms with van der Waals surface area (Å²) in [7, 11) is 1.35. The number of amides is 2. The van der Waals surface area contributed by atoms with Crippen molar-refractivity contribution in [1.82, 2.24) is 14.5 Å². The van der Waals surface area contributed by atoms with Gasteiger partial charge >= 0.3 is 12.0 Å². The van der Waals surface area contributed by atoms with Gasteiger partial charge in [-0.05, 0) is 11.0 Å². The highest BCUT2D eigenvalue weighted by atomic mass is 33.1. The van der Waals surface area contributed by atoms with Crippen molar-refractivity contribution in [3.8, 4) is 0 Å². The van der Waals surface area contributed by atoms with Crippen LogP contribution in [-0.4, -0.2) is 59.0 Å². The molecule has 1 saturated heterocycles. The average Bonchev–Trinajstić information content (AvgIpc) is 2.26. The Morgan fingerprint density at radius 1 is 1.33 bits per heavy atom. The number of nitrogens with one attached hydrogen (secondary N) is 1. The number of hydrogen-bond acceptors (Lipinski definition) is 5. The first-order valence-electron chi connectivity index (χ1n) is 4.44. The molecule has 0 bridgehead atoms. The molecule has 0 aromatic heterocycles. The number of urea groups is 1. The van der Waals surface area contributed by atoms with E-state index in [-0.39, 0.29) is 12.6 Å². The smallest absolute Gasteiger partial charge is 0.323 e. The number of hydrogen-bond donors (Lipinski definition) is 3. The standard InChI is InChI=1S/C7H13N3O3S2/c11-6(12)5-8-7(13)9-1-3-10(15-14)4-2-9/h14H,1-5H2,(H,8,13)(H,11,12). The monoisotopic (exact) mass is 251 g/mol. The summed E-state index contributed by atoms with van der Waals surface area (Å²) in [5, 5.41) is 10.7. The van der Waals surface area contributed by atoms with Crippen LogP contribution in [0.15, 0.2) is 0 Å². The first-order chi connectivity index (χ1) is 7.13. The van der Waals surface area contributed by atoms with Crippen molar-refractivity contribution < 1.29 is 14.7 Å². The highest BCUT2D eigenvalue weighted by molar-refractivity contribution is 8.67. The number of thiol groups is 1. The van der Waals surface area contributed by atoms with Crippen molar-refractivity contribution in [2.75, 3.05) is 32.7 Å². The molecule has 0 saturated carbocycles. The van der Waals surface area contributed by atoms with E-state index in [1.54, 1.807) is 4.90 Å². The molecule has 0 aliphatic carbocycles. The van der Waals surface area contributed by atoms with E-state index >= 15 is 0 Å². The van der Waals surface area contributed by atoms with E-state index < -0.39 is 5.97 Å². The van der Waals surface area contributed by atoms with Crippen LogP contribution < -0.4 is 5.32 Å². The van der Waals surface area contributed by atoms with E-state index in [2.05, 4.69) is 17.0 Å². The summed E-state index contributed by atoms with van der Waals surface area (Å²) < 4.78 is 2.03. The van der Waals surface area contributed by atoms with Gasteiger partial charge in [0.05, 0.1) is 0 Å². The second-order valence-corrected chi connectivity index (χ2v) is 4.22. The summed E-state index contributed by atoms with van der Waals surface area (Å²) in [6.45, 7) is 2.35. The van der Waals surface area contributed by atoms with Gasteiger partial charge in [-0.3, -0.25) is 4.79 Å². The highest BCUT2D eigenvalue weighted by Crippen LogP contribution is 2.15. The molecule has 8 heteroatoms. The third-order valence-electron chi connectivity index (χ3n) is 2.03. The van der Waals surface area contributed by atoms with Gasteiger partial charge in [-0.1, -0.05) is 11.7 Å². The number of aliphatic carboxylic acids is 1. The first-order valence-corrected chi connectivity index (χ1v) is 6.27. The first kappa shape index (κ1) is 12.5. The lowest BCUT2D eigenvalue weighted by Crippen LogP contribution is -2.50. The van der Waals surface area contributed by atoms with Crippen LogP contribution in [0.25, 0.3) is 0 Å². The van der Waals surface area contributed by atoms with E-state index in [4.69, 9.17) is 5.11 Å². The minimum absolute atomic E-state index is 0.318. The predicted molar refractivity (Wildman–Crippen MR) is 60.8 cm³/mol. The molecule has 1 rings (SSSR count). The number of carbonyl (C=O) groups is 2. The Hall–Kier alpha value is -0.600. The van der Waals surface area contributed by atoms with Crippen LogP contribution in [0.5, 0.6) is 0 Å². The van der Waals surface area contributed by atoms with Crippen molar-refractivity contribution in [2.45, 2.75) is 0 Å². The summed E-state index contributed by atoms with van der Waals surface area (Å²) in [4.78, 5) is 23.2. The summed E-state index contributed by atoms with van der Waals surface area (Å²) >= 11 is 4.06. The Kier molecular flexibility index (Phi) is 5.06. The molecular weight excluding hydrogens is 238 g/mol. The molecule has 0 spiro atoms. The number of nitrogens with zero attached hydrogens (tertiary/aromatic N) is 2. The second-order valence-electron chi connectivity index (χ2n) is 3.05. The second kappa shape index (κ2) is 6.09. The third kappa shape index (κ3) is 4.18. The molecule has 1 heterocycles. The van der Waals surface area contributed by atoms with Gasteiger partial charge in [0.1, 0.15) is 6.54 Å². The molecule has 1 aliphatic heterocycles. The van der Waals surface area contributed by atoms with Gasteiger partial charge in [0.25, 0.3) is 0 Å². The zero-order valence-electron chi connectivity index (χ0n) is 8.05. The topological polar surface area (TPSA) is 72.9 Å². The number of carboxylic acid groups (broad SMARTS) is 1. The van der Waals surface area contributed by atoms with E-state index in [1.807, 2.05) is 4.31 Å². The Morgan fingerprint density at radius 2 is 1.93 bits per heavy atom. The van der Waals surface area contributed by atoms with Crippen LogP contribution in [0.4, 0.5) is 4.79 Å². The van der Waals surface area contributed by atoms with E-state index in [0.717, 1.165) is 13.1 Å². The third-order valence-corrected chi connectivity index (χ3v) is 3.32. The lowest BCUT2D eigenvalue weighted by atomic mass is 10.4. The molecule has 6 nitrogen and oxygen atoms in total. The van der Waals surface area contributed by atoms with Gasteiger partial charge in [-0.2, -0.15) is 0 Å². The lowest BCUT2D eigenvalue weighted by molar-refractivity contribution is -0.135. The van der Waals surface area contributed by atoms with Crippen molar-refractivity contribution in [2.24, 2.45) is 0 Å². The number of carbonyl (C=O) groups excluding carboxylic acids is 1. The Balaban J connectivity index is 2.27. The van der Waals surface area contributed by atoms with Crippen LogP contribution in [0, 0.1) is 0 Å². The van der Waals surface area contributed by atoms with Crippen molar-refractivity contribution in [1.29, 1.82) is 0 Å². The summed E-state index contributed by atoms with van der Waals surface area (Å²) in [5.41, 5.74) is 0. The molecule has 0 atom stereocenters. The fourth-order valence-electron chi connectivity index (χ4n) is 1.24. The zero-order valence-corrected chi connectivity index (χ0v) is 9.76. The molecule has 0 aromatic rings. The fourth-order valence-corrected chi connectivity index (χ4v) is 2.05. The van der Waals surface area contributed by atoms with Crippen LogP contribution in [-0.2, 0) is 4.79 Å². The van der Waals surface area contributed by atoms with E-state index in [0.29, 0.717) is 13.1 Å². The zero-order chi connectivity index (χ0) is 11.3. The van der Waals surface area contributed by atoms with Crippen LogP contribution in [0.1, 0.15) is 0 Å². The van der Waals surface area contributed by atoms with Gasteiger partial charge in [0.15, 0.2) is 0 Å². The Bertz CT molecular complexity index is 244. The minimum atomic E-state index is -1.03. The molecule has 2 amide bonds. The molecule has 0 radical (unpaired) electrons. The largest absolute Gasteiger partial charge is 0.480 e. The van der Waals surface area contributed by atoms with Gasteiger partial charge in [-0.25, -0.2) is 9.10 Å². The van der Waals surface area contributed by atoms with Crippen molar-refractivity contribution in [3.05, 3.63) is 0 Å². The molecule has 15 heavy (non-hydrogen) atoms. The maximum absolute atomic E-state index is 11.4. The number of piperazine rings is 1. The minimum Gasteiger partial charge on any atom is -0.480 e. The summed E-state index contributed by atoms with van der Waals surface area (Å²) in [6.07, 6.45) is 0. The predicted octanol–water partition coefficient (Wildman–Crippen LogP) is -0.109. The summed E-state index contributed by atoms with van der Waals surface area (Å²) in [5.74, 6) is -1.03. The molecule has 86 valence electrons. The molecule has 2 N–H and O–H groups in total. The van der Waals surface area contributed by atoms with Gasteiger partial charge in [-0.15, -0.1) is 0 Å². The van der Waals surface area contributed by atoms with E-state index in [1.165, 1.54) is 11.0 Å². The molecular formula is C7H13N3O3S2. The highest BCUT2D eigenvalue weighted by Gasteiger charge is 2.20. The molecule has 1 fully saturated rings. The van der Waals surface area contributed by atoms with Crippen molar-refractivity contribution >= 4 is 34.6 Å². The van der Waals surface area contributed by atoms with Crippen LogP contribution in [0.2, 0.25) is 0 Å². The Morgan fingerprint density at radius 3 is 2.40 bits per heavy atom. The summed E-state index contributed by atoms with van der Waals surface area (Å²) in [6, 6.07) is -0.318. The normalized spacial score (nSPS) is 17.5. The van der Waals surface area contributed by atoms with Crippen LogP contribution >= 0.6 is 22.6 Å². The maximum Gasteiger partial charge on any atom is 0.323 e. The quantitative estimate of drug-likeness (QED) is 0.371.